The molecule has 1 aliphatic rings. The number of carbonyl (C=O) groups excluding carboxylic acids is 1. The van der Waals surface area contributed by atoms with Crippen molar-refractivity contribution in [1.82, 2.24) is 4.90 Å². The molecule has 0 aliphatic carbocycles. The maximum Gasteiger partial charge on any atom is 0.346 e. The summed E-state index contributed by atoms with van der Waals surface area (Å²) < 4.78 is 12.5. The van der Waals surface area contributed by atoms with E-state index >= 15 is 0 Å². The molecule has 1 aliphatic heterocycles. The zero-order valence-corrected chi connectivity index (χ0v) is 21.1. The highest BCUT2D eigenvalue weighted by Crippen LogP contribution is 2.37. The van der Waals surface area contributed by atoms with Gasteiger partial charge in [0.2, 0.25) is 5.91 Å². The van der Waals surface area contributed by atoms with Gasteiger partial charge in [-0.05, 0) is 55.0 Å². The second-order valence-corrected chi connectivity index (χ2v) is 10.4. The average molecular weight is 515 g/mol. The van der Waals surface area contributed by atoms with Gasteiger partial charge in [-0.3, -0.25) is 9.69 Å². The lowest BCUT2D eigenvalue weighted by atomic mass is 10.0. The number of methoxy groups -OCH3 is 1. The van der Waals surface area contributed by atoms with Crippen molar-refractivity contribution in [3.05, 3.63) is 71.1 Å². The standard InChI is InChI=1S/C29H26N2O5S/c1-35-25-14-20-18-8-2-4-10-23(18)36-24(20)15-22(25)30-27(32)16-31-12-6-7-17(31)13-21-19-9-3-5-11-26(19)37-28(21)29(33)34/h2-5,8-11,14-15,17H,6-7,12-13,16H2,1H3,(H,30,32)(H,33,34)/t17-/m0/s1. The number of furan rings is 1. The van der Waals surface area contributed by atoms with Crippen LogP contribution >= 0.6 is 11.3 Å². The smallest absolute Gasteiger partial charge is 0.346 e. The molecule has 1 amide bonds. The van der Waals surface area contributed by atoms with Crippen LogP contribution in [0.3, 0.4) is 0 Å². The molecule has 37 heavy (non-hydrogen) atoms. The monoisotopic (exact) mass is 514 g/mol. The van der Waals surface area contributed by atoms with Crippen LogP contribution in [0.2, 0.25) is 0 Å². The van der Waals surface area contributed by atoms with Gasteiger partial charge >= 0.3 is 5.97 Å². The Morgan fingerprint density at radius 3 is 2.68 bits per heavy atom. The first-order chi connectivity index (χ1) is 18.0. The first kappa shape index (κ1) is 23.5. The van der Waals surface area contributed by atoms with Crippen LogP contribution in [0.5, 0.6) is 5.75 Å². The molecule has 0 radical (unpaired) electrons. The zero-order valence-electron chi connectivity index (χ0n) is 20.3. The number of anilines is 1. The van der Waals surface area contributed by atoms with E-state index in [9.17, 15) is 14.7 Å². The first-order valence-electron chi connectivity index (χ1n) is 12.3. The molecule has 0 bridgehead atoms. The van der Waals surface area contributed by atoms with Crippen molar-refractivity contribution in [3.63, 3.8) is 0 Å². The van der Waals surface area contributed by atoms with E-state index in [0.717, 1.165) is 51.4 Å². The number of likely N-dealkylation sites (tertiary alicyclic amines) is 1. The maximum atomic E-state index is 13.1. The number of thiophene rings is 1. The Morgan fingerprint density at radius 2 is 1.86 bits per heavy atom. The predicted molar refractivity (Wildman–Crippen MR) is 146 cm³/mol. The normalized spacial score (nSPS) is 16.1. The van der Waals surface area contributed by atoms with Crippen LogP contribution in [-0.2, 0) is 11.2 Å². The number of hydrogen-bond acceptors (Lipinski definition) is 6. The number of benzene rings is 3. The third-order valence-electron chi connectivity index (χ3n) is 7.15. The molecule has 2 N–H and O–H groups in total. The first-order valence-corrected chi connectivity index (χ1v) is 13.1. The van der Waals surface area contributed by atoms with Crippen LogP contribution in [0.15, 0.2) is 65.1 Å². The molecule has 3 aromatic carbocycles. The fourth-order valence-electron chi connectivity index (χ4n) is 5.44. The van der Waals surface area contributed by atoms with E-state index in [1.807, 2.05) is 60.7 Å². The maximum absolute atomic E-state index is 13.1. The molecule has 8 heteroatoms. The number of nitrogens with one attached hydrogen (secondary N) is 1. The second-order valence-electron chi connectivity index (χ2n) is 9.38. The van der Waals surface area contributed by atoms with Gasteiger partial charge < -0.3 is 19.6 Å². The third kappa shape index (κ3) is 4.32. The number of hydrogen-bond donors (Lipinski definition) is 2. The summed E-state index contributed by atoms with van der Waals surface area (Å²) in [4.78, 5) is 27.6. The number of carbonyl (C=O) groups is 2. The minimum absolute atomic E-state index is 0.0987. The highest BCUT2D eigenvalue weighted by molar-refractivity contribution is 7.21. The summed E-state index contributed by atoms with van der Waals surface area (Å²) in [6.07, 6.45) is 2.49. The molecule has 5 aromatic rings. The summed E-state index contributed by atoms with van der Waals surface area (Å²) in [7, 11) is 1.58. The Morgan fingerprint density at radius 1 is 1.08 bits per heavy atom. The van der Waals surface area contributed by atoms with Crippen LogP contribution in [-0.4, -0.2) is 48.1 Å². The number of nitrogens with zero attached hydrogens (tertiary/aromatic N) is 1. The summed E-state index contributed by atoms with van der Waals surface area (Å²) in [6.45, 7) is 1.01. The molecule has 0 saturated carbocycles. The lowest BCUT2D eigenvalue weighted by molar-refractivity contribution is -0.117. The van der Waals surface area contributed by atoms with Crippen molar-refractivity contribution < 1.29 is 23.8 Å². The van der Waals surface area contributed by atoms with Crippen LogP contribution in [0.25, 0.3) is 32.0 Å². The average Bonchev–Trinajstić information content (AvgIpc) is 3.59. The zero-order chi connectivity index (χ0) is 25.5. The van der Waals surface area contributed by atoms with Crippen LogP contribution in [0.1, 0.15) is 28.1 Å². The van der Waals surface area contributed by atoms with Crippen molar-refractivity contribution in [1.29, 1.82) is 0 Å². The molecule has 3 heterocycles. The Bertz CT molecular complexity index is 1650. The molecular weight excluding hydrogens is 488 g/mol. The fraction of sp³-hybridized carbons (Fsp3) is 0.241. The van der Waals surface area contributed by atoms with Gasteiger partial charge in [-0.1, -0.05) is 36.4 Å². The molecule has 188 valence electrons. The highest BCUT2D eigenvalue weighted by Gasteiger charge is 2.29. The summed E-state index contributed by atoms with van der Waals surface area (Å²) >= 11 is 1.32. The fourth-order valence-corrected chi connectivity index (χ4v) is 6.51. The van der Waals surface area contributed by atoms with E-state index in [1.54, 1.807) is 7.11 Å². The number of fused-ring (bicyclic) bond motifs is 4. The van der Waals surface area contributed by atoms with Gasteiger partial charge in [0, 0.05) is 27.6 Å². The number of carboxylic acids is 1. The van der Waals surface area contributed by atoms with Crippen molar-refractivity contribution in [2.75, 3.05) is 25.5 Å². The number of para-hydroxylation sites is 1. The molecule has 1 fully saturated rings. The van der Waals surface area contributed by atoms with Gasteiger partial charge in [0.25, 0.3) is 0 Å². The van der Waals surface area contributed by atoms with Gasteiger partial charge in [-0.2, -0.15) is 0 Å². The summed E-state index contributed by atoms with van der Waals surface area (Å²) in [6, 6.07) is 19.4. The van der Waals surface area contributed by atoms with Crippen molar-refractivity contribution >= 4 is 60.9 Å². The SMILES string of the molecule is COc1cc2c(cc1NC(=O)CN1CCC[C@H]1Cc1c(C(=O)O)sc3ccccc13)oc1ccccc12. The van der Waals surface area contributed by atoms with Crippen LogP contribution < -0.4 is 10.1 Å². The number of aromatic carboxylic acids is 1. The molecule has 0 unspecified atom stereocenters. The largest absolute Gasteiger partial charge is 0.495 e. The van der Waals surface area contributed by atoms with Crippen LogP contribution in [0, 0.1) is 0 Å². The molecule has 2 aromatic heterocycles. The van der Waals surface area contributed by atoms with Gasteiger partial charge in [0.1, 0.15) is 21.8 Å². The number of ether oxygens (including phenoxy) is 1. The predicted octanol–water partition coefficient (Wildman–Crippen LogP) is 6.15. The molecule has 6 rings (SSSR count). The van der Waals surface area contributed by atoms with Gasteiger partial charge in [0.05, 0.1) is 19.3 Å². The number of rotatable bonds is 7. The third-order valence-corrected chi connectivity index (χ3v) is 8.35. The summed E-state index contributed by atoms with van der Waals surface area (Å²) in [5.74, 6) is -0.470. The van der Waals surface area contributed by atoms with Gasteiger partial charge in [-0.25, -0.2) is 4.79 Å². The quantitative estimate of drug-likeness (QED) is 0.271. The van der Waals surface area contributed by atoms with E-state index in [2.05, 4.69) is 10.2 Å². The van der Waals surface area contributed by atoms with E-state index < -0.39 is 5.97 Å². The highest BCUT2D eigenvalue weighted by atomic mass is 32.1. The van der Waals surface area contributed by atoms with Gasteiger partial charge in [0.15, 0.2) is 0 Å². The topological polar surface area (TPSA) is 92.0 Å². The molecule has 1 saturated heterocycles. The van der Waals surface area contributed by atoms with E-state index in [0.29, 0.717) is 28.3 Å². The van der Waals surface area contributed by atoms with E-state index in [-0.39, 0.29) is 18.5 Å². The Hall–Kier alpha value is -3.88. The second kappa shape index (κ2) is 9.53. The summed E-state index contributed by atoms with van der Waals surface area (Å²) in [5, 5.41) is 15.7. The lowest BCUT2D eigenvalue weighted by Crippen LogP contribution is -2.38. The lowest BCUT2D eigenvalue weighted by Gasteiger charge is -2.24. The van der Waals surface area contributed by atoms with E-state index in [1.165, 1.54) is 11.3 Å². The van der Waals surface area contributed by atoms with E-state index in [4.69, 9.17) is 9.15 Å². The Labute approximate surface area is 217 Å². The van der Waals surface area contributed by atoms with Crippen LogP contribution in [0.4, 0.5) is 5.69 Å². The molecule has 7 nitrogen and oxygen atoms in total. The van der Waals surface area contributed by atoms with Crippen molar-refractivity contribution in [2.45, 2.75) is 25.3 Å². The minimum atomic E-state index is -0.897. The summed E-state index contributed by atoms with van der Waals surface area (Å²) in [5.41, 5.74) is 2.89. The molecular formula is C29H26N2O5S. The van der Waals surface area contributed by atoms with Crippen molar-refractivity contribution in [2.24, 2.45) is 0 Å². The molecule has 1 atom stereocenters. The Kier molecular flexibility index (Phi) is 6.06. The van der Waals surface area contributed by atoms with Gasteiger partial charge in [-0.15, -0.1) is 11.3 Å². The Balaban J connectivity index is 1.22. The minimum Gasteiger partial charge on any atom is -0.495 e. The van der Waals surface area contributed by atoms with Crippen molar-refractivity contribution in [3.8, 4) is 5.75 Å². The number of carboxylic acid groups (broad SMARTS) is 1. The molecule has 0 spiro atoms. The number of amides is 1.